The van der Waals surface area contributed by atoms with Gasteiger partial charge in [0.05, 0.1) is 6.20 Å². The van der Waals surface area contributed by atoms with Crippen molar-refractivity contribution in [3.05, 3.63) is 42.6 Å². The third kappa shape index (κ3) is 4.68. The molecule has 2 aromatic heterocycles. The van der Waals surface area contributed by atoms with Gasteiger partial charge >= 0.3 is 0 Å². The number of fused-ring (bicyclic) bond motifs is 1. The van der Waals surface area contributed by atoms with Crippen molar-refractivity contribution in [2.24, 2.45) is 11.8 Å². The van der Waals surface area contributed by atoms with Crippen LogP contribution in [0.3, 0.4) is 0 Å². The zero-order valence-electron chi connectivity index (χ0n) is 17.2. The second-order valence-electron chi connectivity index (χ2n) is 8.32. The largest absolute Gasteiger partial charge is 0.438 e. The van der Waals surface area contributed by atoms with Crippen LogP contribution in [0, 0.1) is 11.8 Å². The minimum absolute atomic E-state index is 0.00645. The third-order valence-corrected chi connectivity index (χ3v) is 5.79. The standard InChI is InChI=1S/C23H25N5O3/c29-22(15-5-2-1-3-6-15)24-17-7-4-8-18(13-17)31-21-12-11-20-25-19(14-28(20)27-21)26-23(30)16-9-10-16/h4,7-8,11-16H,1-3,5-6,9-10H2,(H,24,29)(H,26,30). The van der Waals surface area contributed by atoms with Crippen molar-refractivity contribution in [3.63, 3.8) is 0 Å². The van der Waals surface area contributed by atoms with Crippen LogP contribution in [0.15, 0.2) is 42.6 Å². The molecule has 2 amide bonds. The van der Waals surface area contributed by atoms with Crippen LogP contribution in [0.25, 0.3) is 5.65 Å². The number of hydrogen-bond donors (Lipinski definition) is 2. The summed E-state index contributed by atoms with van der Waals surface area (Å²) in [5, 5.41) is 10.2. The predicted octanol–water partition coefficient (Wildman–Crippen LogP) is 4.39. The summed E-state index contributed by atoms with van der Waals surface area (Å²) in [5.41, 5.74) is 1.33. The molecule has 0 saturated heterocycles. The molecule has 2 aliphatic carbocycles. The van der Waals surface area contributed by atoms with Gasteiger partial charge in [0.15, 0.2) is 11.5 Å². The van der Waals surface area contributed by atoms with Crippen LogP contribution in [0.2, 0.25) is 0 Å². The number of anilines is 2. The highest BCUT2D eigenvalue weighted by Crippen LogP contribution is 2.30. The molecule has 1 aromatic carbocycles. The molecule has 2 fully saturated rings. The van der Waals surface area contributed by atoms with E-state index in [0.29, 0.717) is 28.8 Å². The van der Waals surface area contributed by atoms with Crippen LogP contribution in [0.4, 0.5) is 11.5 Å². The molecule has 0 bridgehead atoms. The van der Waals surface area contributed by atoms with E-state index in [1.54, 1.807) is 28.9 Å². The Morgan fingerprint density at radius 3 is 2.52 bits per heavy atom. The Labute approximate surface area is 180 Å². The van der Waals surface area contributed by atoms with Crippen molar-refractivity contribution in [2.75, 3.05) is 10.6 Å². The molecule has 2 aliphatic rings. The Bertz CT molecular complexity index is 1120. The number of carbonyl (C=O) groups is 2. The number of amides is 2. The number of ether oxygens (including phenoxy) is 1. The van der Waals surface area contributed by atoms with Crippen LogP contribution in [-0.2, 0) is 9.59 Å². The first-order chi connectivity index (χ1) is 15.1. The summed E-state index contributed by atoms with van der Waals surface area (Å²) in [6.07, 6.45) is 8.93. The monoisotopic (exact) mass is 419 g/mol. The van der Waals surface area contributed by atoms with Gasteiger partial charge in [-0.05, 0) is 43.9 Å². The Morgan fingerprint density at radius 2 is 1.71 bits per heavy atom. The predicted molar refractivity (Wildman–Crippen MR) is 116 cm³/mol. The van der Waals surface area contributed by atoms with Crippen molar-refractivity contribution >= 4 is 29.0 Å². The third-order valence-electron chi connectivity index (χ3n) is 5.79. The van der Waals surface area contributed by atoms with Gasteiger partial charge in [-0.25, -0.2) is 9.50 Å². The number of carbonyl (C=O) groups excluding carboxylic acids is 2. The summed E-state index contributed by atoms with van der Waals surface area (Å²) in [6.45, 7) is 0. The van der Waals surface area contributed by atoms with E-state index in [1.807, 2.05) is 18.2 Å². The molecule has 2 N–H and O–H groups in total. The van der Waals surface area contributed by atoms with E-state index in [4.69, 9.17) is 4.74 Å². The summed E-state index contributed by atoms with van der Waals surface area (Å²) in [4.78, 5) is 28.8. The molecule has 2 heterocycles. The van der Waals surface area contributed by atoms with Gasteiger partial charge in [0.2, 0.25) is 17.7 Å². The highest BCUT2D eigenvalue weighted by atomic mass is 16.5. The lowest BCUT2D eigenvalue weighted by Crippen LogP contribution is -2.24. The number of rotatable bonds is 6. The maximum Gasteiger partial charge on any atom is 0.237 e. The molecule has 31 heavy (non-hydrogen) atoms. The van der Waals surface area contributed by atoms with Gasteiger partial charge in [-0.3, -0.25) is 9.59 Å². The Balaban J connectivity index is 1.26. The fraction of sp³-hybridized carbons (Fsp3) is 0.391. The van der Waals surface area contributed by atoms with Crippen molar-refractivity contribution in [3.8, 4) is 11.6 Å². The van der Waals surface area contributed by atoms with E-state index in [1.165, 1.54) is 6.42 Å². The Kier molecular flexibility index (Phi) is 5.28. The number of aromatic nitrogens is 3. The molecule has 0 spiro atoms. The molecular weight excluding hydrogens is 394 g/mol. The summed E-state index contributed by atoms with van der Waals surface area (Å²) in [6, 6.07) is 10.8. The lowest BCUT2D eigenvalue weighted by molar-refractivity contribution is -0.120. The number of benzene rings is 1. The van der Waals surface area contributed by atoms with Gasteiger partial charge in [-0.15, -0.1) is 5.10 Å². The second kappa shape index (κ2) is 8.37. The average molecular weight is 419 g/mol. The molecule has 0 atom stereocenters. The van der Waals surface area contributed by atoms with Crippen LogP contribution in [0.5, 0.6) is 11.6 Å². The molecule has 0 aliphatic heterocycles. The molecule has 0 unspecified atom stereocenters. The average Bonchev–Trinajstić information content (AvgIpc) is 3.55. The van der Waals surface area contributed by atoms with Gasteiger partial charge in [-0.1, -0.05) is 25.3 Å². The van der Waals surface area contributed by atoms with E-state index in [-0.39, 0.29) is 23.7 Å². The molecule has 8 heteroatoms. The highest BCUT2D eigenvalue weighted by Gasteiger charge is 2.30. The minimum Gasteiger partial charge on any atom is -0.438 e. The topological polar surface area (TPSA) is 97.6 Å². The fourth-order valence-corrected chi connectivity index (χ4v) is 3.92. The summed E-state index contributed by atoms with van der Waals surface area (Å²) in [5.74, 6) is 1.74. The minimum atomic E-state index is 0.00645. The first kappa shape index (κ1) is 19.5. The van der Waals surface area contributed by atoms with Crippen LogP contribution in [0.1, 0.15) is 44.9 Å². The van der Waals surface area contributed by atoms with E-state index in [2.05, 4.69) is 20.7 Å². The van der Waals surface area contributed by atoms with Gasteiger partial charge in [-0.2, -0.15) is 0 Å². The van der Waals surface area contributed by atoms with Gasteiger partial charge in [0.1, 0.15) is 5.75 Å². The molecule has 5 rings (SSSR count). The second-order valence-corrected chi connectivity index (χ2v) is 8.32. The van der Waals surface area contributed by atoms with Gasteiger partial charge in [0, 0.05) is 29.7 Å². The number of imidazole rings is 1. The fourth-order valence-electron chi connectivity index (χ4n) is 3.92. The number of nitrogens with one attached hydrogen (secondary N) is 2. The molecule has 3 aromatic rings. The molecular formula is C23H25N5O3. The van der Waals surface area contributed by atoms with Crippen molar-refractivity contribution < 1.29 is 14.3 Å². The maximum absolute atomic E-state index is 12.5. The summed E-state index contributed by atoms with van der Waals surface area (Å²) >= 11 is 0. The lowest BCUT2D eigenvalue weighted by atomic mass is 9.88. The van der Waals surface area contributed by atoms with Crippen molar-refractivity contribution in [1.29, 1.82) is 0 Å². The highest BCUT2D eigenvalue weighted by molar-refractivity contribution is 5.93. The smallest absolute Gasteiger partial charge is 0.237 e. The van der Waals surface area contributed by atoms with Crippen LogP contribution < -0.4 is 15.4 Å². The summed E-state index contributed by atoms with van der Waals surface area (Å²) in [7, 11) is 0. The Hall–Kier alpha value is -3.42. The normalized spacial score (nSPS) is 16.8. The van der Waals surface area contributed by atoms with Gasteiger partial charge < -0.3 is 15.4 Å². The van der Waals surface area contributed by atoms with Crippen LogP contribution >= 0.6 is 0 Å². The Morgan fingerprint density at radius 1 is 0.935 bits per heavy atom. The van der Waals surface area contributed by atoms with E-state index >= 15 is 0 Å². The number of hydrogen-bond acceptors (Lipinski definition) is 5. The molecule has 160 valence electrons. The van der Waals surface area contributed by atoms with Crippen molar-refractivity contribution in [1.82, 2.24) is 14.6 Å². The first-order valence-corrected chi connectivity index (χ1v) is 10.9. The zero-order chi connectivity index (χ0) is 21.2. The SMILES string of the molecule is O=C(Nc1cccc(Oc2ccc3nc(NC(=O)C4CC4)cn3n2)c1)C1CCCCC1. The quantitative estimate of drug-likeness (QED) is 0.618. The molecule has 0 radical (unpaired) electrons. The lowest BCUT2D eigenvalue weighted by Gasteiger charge is -2.20. The number of nitrogens with zero attached hydrogens (tertiary/aromatic N) is 3. The van der Waals surface area contributed by atoms with E-state index in [0.717, 1.165) is 38.5 Å². The summed E-state index contributed by atoms with van der Waals surface area (Å²) < 4.78 is 7.47. The van der Waals surface area contributed by atoms with E-state index < -0.39 is 0 Å². The molecule has 8 nitrogen and oxygen atoms in total. The first-order valence-electron chi connectivity index (χ1n) is 10.9. The van der Waals surface area contributed by atoms with E-state index in [9.17, 15) is 9.59 Å². The maximum atomic E-state index is 12.5. The van der Waals surface area contributed by atoms with Crippen LogP contribution in [-0.4, -0.2) is 26.4 Å². The molecule has 2 saturated carbocycles. The van der Waals surface area contributed by atoms with Gasteiger partial charge in [0.25, 0.3) is 0 Å². The zero-order valence-corrected chi connectivity index (χ0v) is 17.2. The van der Waals surface area contributed by atoms with Crippen molar-refractivity contribution in [2.45, 2.75) is 44.9 Å².